The van der Waals surface area contributed by atoms with Crippen LogP contribution in [0.15, 0.2) is 42.5 Å². The summed E-state index contributed by atoms with van der Waals surface area (Å²) in [4.78, 5) is 14.8. The Hall–Kier alpha value is -1.84. The normalized spacial score (nSPS) is 14.9. The quantitative estimate of drug-likeness (QED) is 0.621. The van der Waals surface area contributed by atoms with E-state index < -0.39 is 15.9 Å². The summed E-state index contributed by atoms with van der Waals surface area (Å²) in [5, 5.41) is 3.32. The van der Waals surface area contributed by atoms with Crippen molar-refractivity contribution in [1.82, 2.24) is 10.2 Å². The third kappa shape index (κ3) is 7.08. The first-order valence-corrected chi connectivity index (χ1v) is 12.4. The lowest BCUT2D eigenvalue weighted by molar-refractivity contribution is -0.119. The summed E-state index contributed by atoms with van der Waals surface area (Å²) in [6.45, 7) is 4.01. The van der Waals surface area contributed by atoms with E-state index in [1.54, 1.807) is 0 Å². The van der Waals surface area contributed by atoms with Gasteiger partial charge < -0.3 is 10.1 Å². The van der Waals surface area contributed by atoms with Crippen LogP contribution >= 0.6 is 23.2 Å². The van der Waals surface area contributed by atoms with Crippen molar-refractivity contribution in [2.75, 3.05) is 43.4 Å². The Bertz CT molecular complexity index is 1030. The Morgan fingerprint density at radius 2 is 1.84 bits per heavy atom. The van der Waals surface area contributed by atoms with Gasteiger partial charge in [-0.05, 0) is 29.3 Å². The van der Waals surface area contributed by atoms with Gasteiger partial charge in [0.25, 0.3) is 0 Å². The van der Waals surface area contributed by atoms with Gasteiger partial charge in [0.15, 0.2) is 0 Å². The van der Waals surface area contributed by atoms with Crippen LogP contribution in [-0.2, 0) is 32.6 Å². The Balaban J connectivity index is 1.62. The molecule has 1 amide bonds. The standard InChI is InChI=1S/C21H25Cl2N3O4S/c1-31(28,29)26(20-6-5-18(22)12-19(20)23)15-21(27)24-13-16-3-2-4-17(11-16)14-25-7-9-30-10-8-25/h2-6,11-12H,7-10,13-15H2,1H3,(H,24,27). The van der Waals surface area contributed by atoms with Crippen LogP contribution in [0.5, 0.6) is 0 Å². The zero-order chi connectivity index (χ0) is 22.4. The molecule has 0 aliphatic carbocycles. The number of morpholine rings is 1. The van der Waals surface area contributed by atoms with Crippen LogP contribution in [0, 0.1) is 0 Å². The summed E-state index contributed by atoms with van der Waals surface area (Å²) in [5.41, 5.74) is 2.30. The highest BCUT2D eigenvalue weighted by molar-refractivity contribution is 7.92. The monoisotopic (exact) mass is 485 g/mol. The lowest BCUT2D eigenvalue weighted by Crippen LogP contribution is -2.40. The van der Waals surface area contributed by atoms with E-state index in [2.05, 4.69) is 16.3 Å². The number of anilines is 1. The third-order valence-electron chi connectivity index (χ3n) is 4.86. The number of carbonyl (C=O) groups excluding carboxylic acids is 1. The van der Waals surface area contributed by atoms with Gasteiger partial charge in [-0.3, -0.25) is 14.0 Å². The Kier molecular flexibility index (Phi) is 8.18. The molecule has 7 nitrogen and oxygen atoms in total. The number of sulfonamides is 1. The molecule has 1 fully saturated rings. The average molecular weight is 486 g/mol. The van der Waals surface area contributed by atoms with Crippen molar-refractivity contribution in [2.24, 2.45) is 0 Å². The number of amides is 1. The molecular formula is C21H25Cl2N3O4S. The molecular weight excluding hydrogens is 461 g/mol. The summed E-state index contributed by atoms with van der Waals surface area (Å²) >= 11 is 12.0. The molecule has 1 N–H and O–H groups in total. The van der Waals surface area contributed by atoms with Gasteiger partial charge in [0.05, 0.1) is 30.2 Å². The number of rotatable bonds is 8. The molecule has 168 valence electrons. The van der Waals surface area contributed by atoms with Gasteiger partial charge in [0.1, 0.15) is 6.54 Å². The smallest absolute Gasteiger partial charge is 0.241 e. The molecule has 2 aromatic carbocycles. The average Bonchev–Trinajstić information content (AvgIpc) is 2.71. The summed E-state index contributed by atoms with van der Waals surface area (Å²) in [6.07, 6.45) is 1.03. The van der Waals surface area contributed by atoms with Crippen molar-refractivity contribution < 1.29 is 17.9 Å². The number of ether oxygens (including phenoxy) is 1. The molecule has 10 heteroatoms. The fourth-order valence-electron chi connectivity index (χ4n) is 3.31. The highest BCUT2D eigenvalue weighted by Gasteiger charge is 2.23. The zero-order valence-corrected chi connectivity index (χ0v) is 19.5. The minimum absolute atomic E-state index is 0.154. The van der Waals surface area contributed by atoms with Crippen LogP contribution in [0.25, 0.3) is 0 Å². The van der Waals surface area contributed by atoms with Crippen molar-refractivity contribution in [1.29, 1.82) is 0 Å². The predicted octanol–water partition coefficient (Wildman–Crippen LogP) is 2.91. The maximum atomic E-state index is 12.5. The van der Waals surface area contributed by atoms with Crippen molar-refractivity contribution in [2.45, 2.75) is 13.1 Å². The summed E-state index contributed by atoms with van der Waals surface area (Å²) < 4.78 is 30.9. The first-order valence-electron chi connectivity index (χ1n) is 9.80. The number of halogens is 2. The molecule has 3 rings (SSSR count). The van der Waals surface area contributed by atoms with Gasteiger partial charge in [-0.1, -0.05) is 47.5 Å². The minimum atomic E-state index is -3.73. The number of hydrogen-bond donors (Lipinski definition) is 1. The third-order valence-corrected chi connectivity index (χ3v) is 6.52. The van der Waals surface area contributed by atoms with Crippen LogP contribution in [0.3, 0.4) is 0 Å². The van der Waals surface area contributed by atoms with Gasteiger partial charge in [0.2, 0.25) is 15.9 Å². The fourth-order valence-corrected chi connectivity index (χ4v) is 4.74. The van der Waals surface area contributed by atoms with E-state index in [0.29, 0.717) is 11.6 Å². The predicted molar refractivity (Wildman–Crippen MR) is 123 cm³/mol. The number of carbonyl (C=O) groups is 1. The van der Waals surface area contributed by atoms with Crippen LogP contribution in [0.2, 0.25) is 10.0 Å². The Labute approximate surface area is 192 Å². The molecule has 1 heterocycles. The van der Waals surface area contributed by atoms with Crippen LogP contribution in [-0.4, -0.2) is 58.3 Å². The maximum absolute atomic E-state index is 12.5. The highest BCUT2D eigenvalue weighted by atomic mass is 35.5. The van der Waals surface area contributed by atoms with E-state index in [-0.39, 0.29) is 17.3 Å². The van der Waals surface area contributed by atoms with Gasteiger partial charge >= 0.3 is 0 Å². The summed E-state index contributed by atoms with van der Waals surface area (Å²) in [5.74, 6) is -0.435. The second-order valence-corrected chi connectivity index (χ2v) is 10.1. The lowest BCUT2D eigenvalue weighted by Gasteiger charge is -2.26. The van der Waals surface area contributed by atoms with E-state index in [4.69, 9.17) is 27.9 Å². The van der Waals surface area contributed by atoms with E-state index in [1.807, 2.05) is 18.2 Å². The number of nitrogens with zero attached hydrogens (tertiary/aromatic N) is 2. The molecule has 1 aliphatic heterocycles. The van der Waals surface area contributed by atoms with Crippen molar-refractivity contribution in [3.63, 3.8) is 0 Å². The summed E-state index contributed by atoms with van der Waals surface area (Å²) in [7, 11) is -3.73. The molecule has 2 aromatic rings. The lowest BCUT2D eigenvalue weighted by atomic mass is 10.1. The van der Waals surface area contributed by atoms with Gasteiger partial charge in [0, 0.05) is 31.2 Å². The molecule has 1 aliphatic rings. The highest BCUT2D eigenvalue weighted by Crippen LogP contribution is 2.30. The first kappa shape index (κ1) is 23.8. The second kappa shape index (κ2) is 10.7. The second-order valence-electron chi connectivity index (χ2n) is 7.35. The molecule has 0 radical (unpaired) electrons. The van der Waals surface area contributed by atoms with E-state index in [1.165, 1.54) is 18.2 Å². The maximum Gasteiger partial charge on any atom is 0.241 e. The van der Waals surface area contributed by atoms with Crippen LogP contribution in [0.1, 0.15) is 11.1 Å². The first-order chi connectivity index (χ1) is 14.7. The zero-order valence-electron chi connectivity index (χ0n) is 17.2. The molecule has 0 spiro atoms. The Morgan fingerprint density at radius 3 is 2.52 bits per heavy atom. The Morgan fingerprint density at radius 1 is 1.13 bits per heavy atom. The molecule has 1 saturated heterocycles. The minimum Gasteiger partial charge on any atom is -0.379 e. The molecule has 0 saturated carbocycles. The fraction of sp³-hybridized carbons (Fsp3) is 0.381. The SMILES string of the molecule is CS(=O)(=O)N(CC(=O)NCc1cccc(CN2CCOCC2)c1)c1ccc(Cl)cc1Cl. The van der Waals surface area contributed by atoms with Crippen LogP contribution in [0.4, 0.5) is 5.69 Å². The van der Waals surface area contributed by atoms with Gasteiger partial charge in [-0.15, -0.1) is 0 Å². The number of hydrogen-bond acceptors (Lipinski definition) is 5. The summed E-state index contributed by atoms with van der Waals surface area (Å²) in [6, 6.07) is 12.4. The molecule has 0 bridgehead atoms. The topological polar surface area (TPSA) is 79.0 Å². The largest absolute Gasteiger partial charge is 0.379 e. The van der Waals surface area contributed by atoms with E-state index >= 15 is 0 Å². The van der Waals surface area contributed by atoms with Crippen molar-refractivity contribution in [3.05, 3.63) is 63.6 Å². The van der Waals surface area contributed by atoms with E-state index in [0.717, 1.165) is 54.5 Å². The van der Waals surface area contributed by atoms with Crippen LogP contribution < -0.4 is 9.62 Å². The molecule has 0 atom stereocenters. The van der Waals surface area contributed by atoms with Crippen molar-refractivity contribution >= 4 is 44.8 Å². The van der Waals surface area contributed by atoms with Gasteiger partial charge in [-0.25, -0.2) is 8.42 Å². The van der Waals surface area contributed by atoms with Gasteiger partial charge in [-0.2, -0.15) is 0 Å². The number of nitrogens with one attached hydrogen (secondary N) is 1. The number of benzene rings is 2. The van der Waals surface area contributed by atoms with E-state index in [9.17, 15) is 13.2 Å². The molecule has 0 unspecified atom stereocenters. The molecule has 0 aromatic heterocycles. The van der Waals surface area contributed by atoms with Crippen molar-refractivity contribution in [3.8, 4) is 0 Å². The molecule has 31 heavy (non-hydrogen) atoms.